The Bertz CT molecular complexity index is 801. The van der Waals surface area contributed by atoms with E-state index in [0.717, 1.165) is 29.4 Å². The van der Waals surface area contributed by atoms with Gasteiger partial charge < -0.3 is 14.8 Å². The average molecular weight is 313 g/mol. The van der Waals surface area contributed by atoms with E-state index in [-0.39, 0.29) is 18.9 Å². The molecule has 1 aromatic heterocycles. The van der Waals surface area contributed by atoms with E-state index in [0.29, 0.717) is 12.8 Å². The molecule has 1 amide bonds. The van der Waals surface area contributed by atoms with Crippen LogP contribution in [0.5, 0.6) is 0 Å². The lowest BCUT2D eigenvalue weighted by molar-refractivity contribution is -0.143. The minimum absolute atomic E-state index is 0.152. The van der Waals surface area contributed by atoms with Gasteiger partial charge in [0, 0.05) is 17.5 Å². The van der Waals surface area contributed by atoms with Crippen molar-refractivity contribution in [2.75, 3.05) is 6.54 Å². The van der Waals surface area contributed by atoms with Crippen LogP contribution in [0.15, 0.2) is 22.8 Å². The van der Waals surface area contributed by atoms with Crippen molar-refractivity contribution in [1.82, 2.24) is 5.32 Å². The van der Waals surface area contributed by atoms with Gasteiger partial charge >= 0.3 is 5.97 Å². The summed E-state index contributed by atoms with van der Waals surface area (Å²) >= 11 is 0. The predicted octanol–water partition coefficient (Wildman–Crippen LogP) is 2.45. The highest BCUT2D eigenvalue weighted by Crippen LogP contribution is 2.45. The summed E-state index contributed by atoms with van der Waals surface area (Å²) in [5.74, 6) is -0.970. The maximum absolute atomic E-state index is 12.1. The molecule has 1 saturated carbocycles. The minimum atomic E-state index is -0.817. The fraction of sp³-hybridized carbons (Fsp3) is 0.444. The van der Waals surface area contributed by atoms with E-state index in [1.807, 2.05) is 0 Å². The van der Waals surface area contributed by atoms with Gasteiger partial charge in [-0.2, -0.15) is 0 Å². The molecule has 4 rings (SSSR count). The standard InChI is InChI=1S/C18H19NO4/c20-16(19-10-18(4-5-18)17(21)22)8-13-9-23-15-7-12-3-1-2-11(12)6-14(13)15/h6-7,9H,1-5,8,10H2,(H,19,20)(H,21,22). The normalized spacial score (nSPS) is 17.9. The van der Waals surface area contributed by atoms with Crippen molar-refractivity contribution in [2.24, 2.45) is 5.41 Å². The van der Waals surface area contributed by atoms with E-state index in [9.17, 15) is 9.59 Å². The van der Waals surface area contributed by atoms with Gasteiger partial charge in [0.05, 0.1) is 18.1 Å². The van der Waals surface area contributed by atoms with Gasteiger partial charge in [-0.15, -0.1) is 0 Å². The molecule has 0 spiro atoms. The Morgan fingerprint density at radius 2 is 1.96 bits per heavy atom. The van der Waals surface area contributed by atoms with Crippen LogP contribution in [0.3, 0.4) is 0 Å². The highest BCUT2D eigenvalue weighted by Gasteiger charge is 2.50. The molecule has 1 fully saturated rings. The zero-order chi connectivity index (χ0) is 16.0. The third kappa shape index (κ3) is 2.50. The molecule has 5 heteroatoms. The first-order chi connectivity index (χ1) is 11.1. The first kappa shape index (κ1) is 14.3. The number of carbonyl (C=O) groups excluding carboxylic acids is 1. The van der Waals surface area contributed by atoms with Crippen molar-refractivity contribution >= 4 is 22.8 Å². The molecule has 0 radical (unpaired) electrons. The van der Waals surface area contributed by atoms with Crippen molar-refractivity contribution in [1.29, 1.82) is 0 Å². The number of hydrogen-bond donors (Lipinski definition) is 2. The Hall–Kier alpha value is -2.30. The zero-order valence-corrected chi connectivity index (χ0v) is 12.9. The smallest absolute Gasteiger partial charge is 0.311 e. The maximum atomic E-state index is 12.1. The molecule has 2 aliphatic rings. The Labute approximate surface area is 133 Å². The number of furan rings is 1. The molecule has 0 saturated heterocycles. The van der Waals surface area contributed by atoms with E-state index in [1.54, 1.807) is 6.26 Å². The molecule has 1 heterocycles. The molecule has 0 unspecified atom stereocenters. The number of carboxylic acid groups (broad SMARTS) is 1. The molecule has 5 nitrogen and oxygen atoms in total. The zero-order valence-electron chi connectivity index (χ0n) is 12.9. The van der Waals surface area contributed by atoms with Crippen molar-refractivity contribution < 1.29 is 19.1 Å². The van der Waals surface area contributed by atoms with Crippen LogP contribution in [0.1, 0.15) is 36.0 Å². The summed E-state index contributed by atoms with van der Waals surface area (Å²) in [6.45, 7) is 0.215. The molecular formula is C18H19NO4. The second kappa shape index (κ2) is 5.11. The van der Waals surface area contributed by atoms with E-state index < -0.39 is 11.4 Å². The van der Waals surface area contributed by atoms with E-state index in [2.05, 4.69) is 17.4 Å². The lowest BCUT2D eigenvalue weighted by atomic mass is 10.0. The number of nitrogens with one attached hydrogen (secondary N) is 1. The van der Waals surface area contributed by atoms with Gasteiger partial charge in [-0.3, -0.25) is 9.59 Å². The van der Waals surface area contributed by atoms with Crippen molar-refractivity contribution in [3.8, 4) is 0 Å². The maximum Gasteiger partial charge on any atom is 0.311 e. The fourth-order valence-electron chi connectivity index (χ4n) is 3.41. The SMILES string of the molecule is O=C(Cc1coc2cc3c(cc12)CCC3)NCC1(C(=O)O)CC1. The molecule has 0 bridgehead atoms. The topological polar surface area (TPSA) is 79.5 Å². The van der Waals surface area contributed by atoms with E-state index in [1.165, 1.54) is 17.5 Å². The summed E-state index contributed by atoms with van der Waals surface area (Å²) in [4.78, 5) is 23.3. The summed E-state index contributed by atoms with van der Waals surface area (Å²) < 4.78 is 5.60. The molecular weight excluding hydrogens is 294 g/mol. The number of rotatable bonds is 5. The number of amides is 1. The molecule has 2 N–H and O–H groups in total. The summed E-state index contributed by atoms with van der Waals surface area (Å²) in [6.07, 6.45) is 6.51. The molecule has 2 aliphatic carbocycles. The predicted molar refractivity (Wildman–Crippen MR) is 84.3 cm³/mol. The van der Waals surface area contributed by atoms with Gasteiger partial charge in [0.2, 0.25) is 5.91 Å². The number of hydrogen-bond acceptors (Lipinski definition) is 3. The Morgan fingerprint density at radius 1 is 1.22 bits per heavy atom. The van der Waals surface area contributed by atoms with Crippen molar-refractivity contribution in [2.45, 2.75) is 38.5 Å². The number of carboxylic acids is 1. The summed E-state index contributed by atoms with van der Waals surface area (Å²) in [5.41, 5.74) is 3.67. The van der Waals surface area contributed by atoms with Gasteiger partial charge in [0.15, 0.2) is 0 Å². The van der Waals surface area contributed by atoms with Gasteiger partial charge in [-0.05, 0) is 55.4 Å². The van der Waals surface area contributed by atoms with Crippen LogP contribution in [0.4, 0.5) is 0 Å². The minimum Gasteiger partial charge on any atom is -0.481 e. The van der Waals surface area contributed by atoms with E-state index >= 15 is 0 Å². The van der Waals surface area contributed by atoms with Crippen molar-refractivity contribution in [3.63, 3.8) is 0 Å². The number of aliphatic carboxylic acids is 1. The van der Waals surface area contributed by atoms with Crippen LogP contribution in [-0.2, 0) is 28.9 Å². The summed E-state index contributed by atoms with van der Waals surface area (Å²) in [5, 5.41) is 12.9. The molecule has 1 aromatic carbocycles. The third-order valence-corrected chi connectivity index (χ3v) is 5.15. The Balaban J connectivity index is 1.47. The number of aryl methyl sites for hydroxylation is 2. The van der Waals surface area contributed by atoms with Crippen LogP contribution in [-0.4, -0.2) is 23.5 Å². The molecule has 0 aliphatic heterocycles. The van der Waals surface area contributed by atoms with Gasteiger partial charge in [-0.1, -0.05) is 0 Å². The largest absolute Gasteiger partial charge is 0.481 e. The number of benzene rings is 1. The van der Waals surface area contributed by atoms with Crippen LogP contribution < -0.4 is 5.32 Å². The highest BCUT2D eigenvalue weighted by molar-refractivity contribution is 5.89. The van der Waals surface area contributed by atoms with Crippen LogP contribution in [0.2, 0.25) is 0 Å². The second-order valence-electron chi connectivity index (χ2n) is 6.77. The third-order valence-electron chi connectivity index (χ3n) is 5.15. The Morgan fingerprint density at radius 3 is 2.65 bits per heavy atom. The first-order valence-electron chi connectivity index (χ1n) is 8.09. The van der Waals surface area contributed by atoms with Gasteiger partial charge in [-0.25, -0.2) is 0 Å². The summed E-state index contributed by atoms with van der Waals surface area (Å²) in [7, 11) is 0. The van der Waals surface area contributed by atoms with Gasteiger partial charge in [0.1, 0.15) is 5.58 Å². The molecule has 23 heavy (non-hydrogen) atoms. The fourth-order valence-corrected chi connectivity index (χ4v) is 3.41. The highest BCUT2D eigenvalue weighted by atomic mass is 16.4. The second-order valence-corrected chi connectivity index (χ2v) is 6.77. The van der Waals surface area contributed by atoms with E-state index in [4.69, 9.17) is 9.52 Å². The molecule has 2 aromatic rings. The number of carbonyl (C=O) groups is 2. The van der Waals surface area contributed by atoms with Crippen LogP contribution >= 0.6 is 0 Å². The quantitative estimate of drug-likeness (QED) is 0.888. The number of fused-ring (bicyclic) bond motifs is 2. The lowest BCUT2D eigenvalue weighted by Gasteiger charge is -2.10. The van der Waals surface area contributed by atoms with Gasteiger partial charge in [0.25, 0.3) is 0 Å². The molecule has 0 atom stereocenters. The van der Waals surface area contributed by atoms with Crippen molar-refractivity contribution in [3.05, 3.63) is 35.1 Å². The summed E-state index contributed by atoms with van der Waals surface area (Å²) in [6, 6.07) is 4.23. The van der Waals surface area contributed by atoms with Crippen LogP contribution in [0.25, 0.3) is 11.0 Å². The molecule has 120 valence electrons. The lowest BCUT2D eigenvalue weighted by Crippen LogP contribution is -2.35. The first-order valence-corrected chi connectivity index (χ1v) is 8.09. The van der Waals surface area contributed by atoms with Crippen LogP contribution in [0, 0.1) is 5.41 Å². The Kier molecular flexibility index (Phi) is 3.18. The monoisotopic (exact) mass is 313 g/mol. The average Bonchev–Trinajstić information content (AvgIpc) is 3.04.